The van der Waals surface area contributed by atoms with Crippen molar-refractivity contribution in [2.45, 2.75) is 13.2 Å². The highest BCUT2D eigenvalue weighted by atomic mass is 16.5. The summed E-state index contributed by atoms with van der Waals surface area (Å²) in [6, 6.07) is 3.60. The molecular formula is C11H12O4. The van der Waals surface area contributed by atoms with Gasteiger partial charge in [0, 0.05) is 0 Å². The maximum absolute atomic E-state index is 11.4. The molecule has 80 valence electrons. The van der Waals surface area contributed by atoms with Gasteiger partial charge in [-0.1, -0.05) is 0 Å². The van der Waals surface area contributed by atoms with Crippen molar-refractivity contribution in [2.75, 3.05) is 14.2 Å². The van der Waals surface area contributed by atoms with E-state index < -0.39 is 0 Å². The average Bonchev–Trinajstić information content (AvgIpc) is 2.73. The molecule has 0 atom stereocenters. The van der Waals surface area contributed by atoms with E-state index in [-0.39, 0.29) is 5.97 Å². The molecule has 1 aromatic rings. The zero-order valence-corrected chi connectivity index (χ0v) is 8.70. The summed E-state index contributed by atoms with van der Waals surface area (Å²) in [5.41, 5.74) is 2.54. The van der Waals surface area contributed by atoms with E-state index >= 15 is 0 Å². The highest BCUT2D eigenvalue weighted by molar-refractivity contribution is 5.92. The number of carbonyl (C=O) groups excluding carboxylic acids is 1. The Balaban J connectivity index is 2.48. The summed E-state index contributed by atoms with van der Waals surface area (Å²) >= 11 is 0. The molecule has 4 nitrogen and oxygen atoms in total. The van der Waals surface area contributed by atoms with Crippen LogP contribution in [0.25, 0.3) is 0 Å². The molecule has 4 heteroatoms. The van der Waals surface area contributed by atoms with Crippen molar-refractivity contribution >= 4 is 5.97 Å². The lowest BCUT2D eigenvalue weighted by Crippen LogP contribution is -2.05. The van der Waals surface area contributed by atoms with Crippen molar-refractivity contribution in [3.05, 3.63) is 28.8 Å². The number of benzene rings is 1. The average molecular weight is 208 g/mol. The summed E-state index contributed by atoms with van der Waals surface area (Å²) in [7, 11) is 2.88. The molecule has 0 radical (unpaired) electrons. The van der Waals surface area contributed by atoms with Gasteiger partial charge in [0.1, 0.15) is 11.3 Å². The van der Waals surface area contributed by atoms with Crippen LogP contribution >= 0.6 is 0 Å². The van der Waals surface area contributed by atoms with Crippen molar-refractivity contribution in [3.63, 3.8) is 0 Å². The molecule has 0 bridgehead atoms. The molecule has 0 unspecified atom stereocenters. The Labute approximate surface area is 87.8 Å². The predicted octanol–water partition coefficient (Wildman–Crippen LogP) is 1.51. The highest BCUT2D eigenvalue weighted by Crippen LogP contribution is 2.28. The second kappa shape index (κ2) is 3.90. The van der Waals surface area contributed by atoms with Gasteiger partial charge in [0.25, 0.3) is 0 Å². The third kappa shape index (κ3) is 1.68. The smallest absolute Gasteiger partial charge is 0.341 e. The SMILES string of the molecule is COC(=O)c1cc2c(cc1OC)COC2. The Kier molecular flexibility index (Phi) is 2.60. The Morgan fingerprint density at radius 3 is 2.53 bits per heavy atom. The zero-order valence-electron chi connectivity index (χ0n) is 8.70. The molecule has 1 heterocycles. The summed E-state index contributed by atoms with van der Waals surface area (Å²) in [4.78, 5) is 11.4. The topological polar surface area (TPSA) is 44.8 Å². The molecule has 2 rings (SSSR count). The van der Waals surface area contributed by atoms with Crippen molar-refractivity contribution in [2.24, 2.45) is 0 Å². The molecule has 0 fully saturated rings. The number of ether oxygens (including phenoxy) is 3. The first kappa shape index (κ1) is 9.98. The zero-order chi connectivity index (χ0) is 10.8. The first-order valence-corrected chi connectivity index (χ1v) is 4.62. The van der Waals surface area contributed by atoms with Crippen LogP contribution in [0.2, 0.25) is 0 Å². The Bertz CT molecular complexity index is 398. The maximum atomic E-state index is 11.4. The molecule has 0 saturated heterocycles. The van der Waals surface area contributed by atoms with E-state index in [0.29, 0.717) is 24.5 Å². The van der Waals surface area contributed by atoms with Gasteiger partial charge in [0.2, 0.25) is 0 Å². The fourth-order valence-corrected chi connectivity index (χ4v) is 1.64. The lowest BCUT2D eigenvalue weighted by Gasteiger charge is -2.08. The minimum absolute atomic E-state index is 0.387. The van der Waals surface area contributed by atoms with Crippen LogP contribution in [0, 0.1) is 0 Å². The van der Waals surface area contributed by atoms with Crippen LogP contribution in [-0.2, 0) is 22.7 Å². The van der Waals surface area contributed by atoms with Gasteiger partial charge in [-0.15, -0.1) is 0 Å². The number of esters is 1. The number of hydrogen-bond acceptors (Lipinski definition) is 4. The van der Waals surface area contributed by atoms with E-state index in [1.165, 1.54) is 14.2 Å². The minimum Gasteiger partial charge on any atom is -0.496 e. The molecule has 1 aliphatic rings. The summed E-state index contributed by atoms with van der Waals surface area (Å²) in [6.07, 6.45) is 0. The summed E-state index contributed by atoms with van der Waals surface area (Å²) in [5.74, 6) is 0.146. The number of hydrogen-bond donors (Lipinski definition) is 0. The molecule has 0 saturated carbocycles. The van der Waals surface area contributed by atoms with Crippen molar-refractivity contribution < 1.29 is 19.0 Å². The van der Waals surface area contributed by atoms with Gasteiger partial charge in [0.05, 0.1) is 27.4 Å². The van der Waals surface area contributed by atoms with Crippen molar-refractivity contribution in [1.29, 1.82) is 0 Å². The molecule has 0 spiro atoms. The van der Waals surface area contributed by atoms with Gasteiger partial charge in [-0.05, 0) is 23.3 Å². The first-order valence-electron chi connectivity index (χ1n) is 4.62. The quantitative estimate of drug-likeness (QED) is 0.691. The molecule has 0 aromatic heterocycles. The molecule has 1 aromatic carbocycles. The predicted molar refractivity (Wildman–Crippen MR) is 52.8 cm³/mol. The fraction of sp³-hybridized carbons (Fsp3) is 0.364. The molecule has 0 N–H and O–H groups in total. The van der Waals surface area contributed by atoms with E-state index in [0.717, 1.165) is 11.1 Å². The molecule has 1 aliphatic heterocycles. The normalized spacial score (nSPS) is 13.5. The second-order valence-corrected chi connectivity index (χ2v) is 3.31. The van der Waals surface area contributed by atoms with Gasteiger partial charge in [-0.25, -0.2) is 4.79 Å². The minimum atomic E-state index is -0.387. The monoisotopic (exact) mass is 208 g/mol. The first-order chi connectivity index (χ1) is 7.26. The molecular weight excluding hydrogens is 196 g/mol. The Morgan fingerprint density at radius 2 is 1.93 bits per heavy atom. The molecule has 0 aliphatic carbocycles. The van der Waals surface area contributed by atoms with Gasteiger partial charge in [-0.3, -0.25) is 0 Å². The fourth-order valence-electron chi connectivity index (χ4n) is 1.64. The van der Waals surface area contributed by atoms with Crippen LogP contribution in [-0.4, -0.2) is 20.2 Å². The Hall–Kier alpha value is -1.55. The number of carbonyl (C=O) groups is 1. The van der Waals surface area contributed by atoms with Crippen LogP contribution in [0.1, 0.15) is 21.5 Å². The summed E-state index contributed by atoms with van der Waals surface area (Å²) < 4.78 is 15.1. The largest absolute Gasteiger partial charge is 0.496 e. The van der Waals surface area contributed by atoms with Gasteiger partial charge in [0.15, 0.2) is 0 Å². The molecule has 15 heavy (non-hydrogen) atoms. The summed E-state index contributed by atoms with van der Waals surface area (Å²) in [6.45, 7) is 1.12. The van der Waals surface area contributed by atoms with E-state index in [1.54, 1.807) is 6.07 Å². The van der Waals surface area contributed by atoms with Crippen LogP contribution < -0.4 is 4.74 Å². The third-order valence-corrected chi connectivity index (χ3v) is 2.44. The molecule has 0 amide bonds. The van der Waals surface area contributed by atoms with Gasteiger partial charge >= 0.3 is 5.97 Å². The van der Waals surface area contributed by atoms with Crippen molar-refractivity contribution in [1.82, 2.24) is 0 Å². The van der Waals surface area contributed by atoms with Crippen molar-refractivity contribution in [3.8, 4) is 5.75 Å². The van der Waals surface area contributed by atoms with Gasteiger partial charge < -0.3 is 14.2 Å². The van der Waals surface area contributed by atoms with E-state index in [9.17, 15) is 4.79 Å². The maximum Gasteiger partial charge on any atom is 0.341 e. The summed E-state index contributed by atoms with van der Waals surface area (Å²) in [5, 5.41) is 0. The van der Waals surface area contributed by atoms with Crippen LogP contribution in [0.5, 0.6) is 5.75 Å². The number of rotatable bonds is 2. The number of fused-ring (bicyclic) bond motifs is 1. The Morgan fingerprint density at radius 1 is 1.27 bits per heavy atom. The van der Waals surface area contributed by atoms with E-state index in [4.69, 9.17) is 9.47 Å². The third-order valence-electron chi connectivity index (χ3n) is 2.44. The lowest BCUT2D eigenvalue weighted by molar-refractivity contribution is 0.0597. The highest BCUT2D eigenvalue weighted by Gasteiger charge is 2.19. The van der Waals surface area contributed by atoms with Crippen LogP contribution in [0.3, 0.4) is 0 Å². The lowest BCUT2D eigenvalue weighted by atomic mass is 10.1. The van der Waals surface area contributed by atoms with Crippen LogP contribution in [0.15, 0.2) is 12.1 Å². The van der Waals surface area contributed by atoms with Gasteiger partial charge in [-0.2, -0.15) is 0 Å². The second-order valence-electron chi connectivity index (χ2n) is 3.31. The number of methoxy groups -OCH3 is 2. The van der Waals surface area contributed by atoms with E-state index in [1.807, 2.05) is 6.07 Å². The van der Waals surface area contributed by atoms with Crippen LogP contribution in [0.4, 0.5) is 0 Å². The van der Waals surface area contributed by atoms with E-state index in [2.05, 4.69) is 4.74 Å². The standard InChI is InChI=1S/C11H12O4/c1-13-10-4-8-6-15-5-7(8)3-9(10)11(12)14-2/h3-4H,5-6H2,1-2H3.